The molecule has 1 aliphatic carbocycles. The average Bonchev–Trinajstić information content (AvgIpc) is 2.44. The highest BCUT2D eigenvalue weighted by Gasteiger charge is 2.44. The van der Waals surface area contributed by atoms with Crippen molar-refractivity contribution in [1.82, 2.24) is 15.1 Å². The van der Waals surface area contributed by atoms with Crippen LogP contribution in [0.2, 0.25) is 0 Å². The van der Waals surface area contributed by atoms with Crippen LogP contribution in [0.5, 0.6) is 0 Å². The summed E-state index contributed by atoms with van der Waals surface area (Å²) in [6, 6.07) is -0.0295. The number of nitrogens with one attached hydrogen (secondary N) is 1. The van der Waals surface area contributed by atoms with Crippen molar-refractivity contribution in [1.29, 1.82) is 0 Å². The van der Waals surface area contributed by atoms with E-state index in [0.717, 1.165) is 6.42 Å². The number of rotatable bonds is 4. The highest BCUT2D eigenvalue weighted by Crippen LogP contribution is 2.40. The second-order valence-corrected chi connectivity index (χ2v) is 6.60. The van der Waals surface area contributed by atoms with E-state index in [9.17, 15) is 19.5 Å². The Labute approximate surface area is 130 Å². The molecular weight excluding hydrogens is 286 g/mol. The zero-order chi connectivity index (χ0) is 16.3. The molecule has 2 fully saturated rings. The summed E-state index contributed by atoms with van der Waals surface area (Å²) in [6.45, 7) is 1.36. The molecule has 0 spiro atoms. The van der Waals surface area contributed by atoms with Crippen molar-refractivity contribution in [2.24, 2.45) is 11.3 Å². The van der Waals surface area contributed by atoms with Crippen molar-refractivity contribution in [2.45, 2.75) is 32.1 Å². The van der Waals surface area contributed by atoms with Gasteiger partial charge in [-0.15, -0.1) is 0 Å². The molecule has 1 aliphatic heterocycles. The SMILES string of the molecule is CN(C)C(=O)N1CCC(C(=O)NCC2(C(=O)O)CCC2)CC1. The molecule has 1 saturated carbocycles. The minimum absolute atomic E-state index is 0.0295. The predicted molar refractivity (Wildman–Crippen MR) is 80.3 cm³/mol. The molecule has 0 aromatic carbocycles. The number of hydrogen-bond donors (Lipinski definition) is 2. The van der Waals surface area contributed by atoms with Gasteiger partial charge in [0, 0.05) is 39.6 Å². The fourth-order valence-corrected chi connectivity index (χ4v) is 3.09. The molecular formula is C15H25N3O4. The maximum absolute atomic E-state index is 12.2. The predicted octanol–water partition coefficient (Wildman–Crippen LogP) is 0.751. The van der Waals surface area contributed by atoms with Crippen molar-refractivity contribution in [3.05, 3.63) is 0 Å². The molecule has 7 nitrogen and oxygen atoms in total. The van der Waals surface area contributed by atoms with E-state index in [1.165, 1.54) is 4.90 Å². The highest BCUT2D eigenvalue weighted by molar-refractivity contribution is 5.81. The third-order valence-corrected chi connectivity index (χ3v) is 4.88. The summed E-state index contributed by atoms with van der Waals surface area (Å²) in [4.78, 5) is 38.6. The van der Waals surface area contributed by atoms with Gasteiger partial charge in [-0.2, -0.15) is 0 Å². The van der Waals surface area contributed by atoms with Crippen LogP contribution in [0, 0.1) is 11.3 Å². The summed E-state index contributed by atoms with van der Waals surface area (Å²) in [5, 5.41) is 12.1. The minimum atomic E-state index is -0.814. The number of amides is 3. The number of urea groups is 1. The van der Waals surface area contributed by atoms with E-state index in [0.29, 0.717) is 38.8 Å². The Bertz CT molecular complexity index is 452. The Morgan fingerprint density at radius 2 is 1.82 bits per heavy atom. The quantitative estimate of drug-likeness (QED) is 0.802. The van der Waals surface area contributed by atoms with Gasteiger partial charge in [-0.3, -0.25) is 9.59 Å². The highest BCUT2D eigenvalue weighted by atomic mass is 16.4. The summed E-state index contributed by atoms with van der Waals surface area (Å²) >= 11 is 0. The second kappa shape index (κ2) is 6.54. The van der Waals surface area contributed by atoms with E-state index in [-0.39, 0.29) is 24.4 Å². The number of carboxylic acids is 1. The van der Waals surface area contributed by atoms with Crippen molar-refractivity contribution in [3.8, 4) is 0 Å². The molecule has 0 radical (unpaired) electrons. The van der Waals surface area contributed by atoms with Gasteiger partial charge >= 0.3 is 12.0 Å². The first-order chi connectivity index (χ1) is 10.4. The number of hydrogen-bond acceptors (Lipinski definition) is 3. The van der Waals surface area contributed by atoms with Crippen LogP contribution in [0.15, 0.2) is 0 Å². The van der Waals surface area contributed by atoms with Crippen LogP contribution in [0.4, 0.5) is 4.79 Å². The molecule has 2 aliphatic rings. The van der Waals surface area contributed by atoms with Crippen LogP contribution in [0.25, 0.3) is 0 Å². The lowest BCUT2D eigenvalue weighted by molar-refractivity contribution is -0.154. The fraction of sp³-hybridized carbons (Fsp3) is 0.800. The molecule has 0 atom stereocenters. The van der Waals surface area contributed by atoms with Crippen LogP contribution in [-0.4, -0.2) is 66.5 Å². The van der Waals surface area contributed by atoms with Gasteiger partial charge in [0.05, 0.1) is 5.41 Å². The van der Waals surface area contributed by atoms with E-state index in [1.807, 2.05) is 0 Å². The van der Waals surface area contributed by atoms with Crippen LogP contribution in [-0.2, 0) is 9.59 Å². The van der Waals surface area contributed by atoms with Crippen molar-refractivity contribution in [2.75, 3.05) is 33.7 Å². The molecule has 0 aromatic rings. The third-order valence-electron chi connectivity index (χ3n) is 4.88. The van der Waals surface area contributed by atoms with Gasteiger partial charge in [0.15, 0.2) is 0 Å². The van der Waals surface area contributed by atoms with Crippen LogP contribution in [0.1, 0.15) is 32.1 Å². The lowest BCUT2D eigenvalue weighted by Crippen LogP contribution is -2.50. The van der Waals surface area contributed by atoms with Crippen LogP contribution in [0.3, 0.4) is 0 Å². The third kappa shape index (κ3) is 3.34. The van der Waals surface area contributed by atoms with E-state index >= 15 is 0 Å². The number of carboxylic acid groups (broad SMARTS) is 1. The molecule has 0 bridgehead atoms. The van der Waals surface area contributed by atoms with Gasteiger partial charge in [-0.25, -0.2) is 4.79 Å². The van der Waals surface area contributed by atoms with Crippen molar-refractivity contribution >= 4 is 17.9 Å². The number of likely N-dealkylation sites (tertiary alicyclic amines) is 1. The zero-order valence-corrected chi connectivity index (χ0v) is 13.3. The maximum atomic E-state index is 12.2. The first kappa shape index (κ1) is 16.6. The van der Waals surface area contributed by atoms with Gasteiger partial charge in [0.2, 0.25) is 5.91 Å². The Morgan fingerprint density at radius 1 is 1.23 bits per heavy atom. The number of aliphatic carboxylic acids is 1. The van der Waals surface area contributed by atoms with Crippen molar-refractivity contribution in [3.63, 3.8) is 0 Å². The normalized spacial score (nSPS) is 20.9. The number of carbonyl (C=O) groups is 3. The first-order valence-electron chi connectivity index (χ1n) is 7.83. The summed E-state index contributed by atoms with van der Waals surface area (Å²) in [7, 11) is 3.43. The summed E-state index contributed by atoms with van der Waals surface area (Å²) < 4.78 is 0. The maximum Gasteiger partial charge on any atom is 0.319 e. The standard InChI is InChI=1S/C15H25N3O4/c1-17(2)14(22)18-8-4-11(5-9-18)12(19)16-10-15(13(20)21)6-3-7-15/h11H,3-10H2,1-2H3,(H,16,19)(H,20,21). The molecule has 0 unspecified atom stereocenters. The summed E-state index contributed by atoms with van der Waals surface area (Å²) in [6.07, 6.45) is 3.45. The fourth-order valence-electron chi connectivity index (χ4n) is 3.09. The molecule has 3 amide bonds. The van der Waals surface area contributed by atoms with E-state index < -0.39 is 11.4 Å². The monoisotopic (exact) mass is 311 g/mol. The van der Waals surface area contributed by atoms with Gasteiger partial charge in [-0.1, -0.05) is 6.42 Å². The molecule has 124 valence electrons. The Hall–Kier alpha value is -1.79. The smallest absolute Gasteiger partial charge is 0.319 e. The zero-order valence-electron chi connectivity index (χ0n) is 13.3. The molecule has 1 saturated heterocycles. The Kier molecular flexibility index (Phi) is 4.93. The molecule has 7 heteroatoms. The van der Waals surface area contributed by atoms with Gasteiger partial charge in [0.25, 0.3) is 0 Å². The summed E-state index contributed by atoms with van der Waals surface area (Å²) in [5.41, 5.74) is -0.753. The largest absolute Gasteiger partial charge is 0.481 e. The topological polar surface area (TPSA) is 90.0 Å². The molecule has 2 N–H and O–H groups in total. The Balaban J connectivity index is 1.78. The first-order valence-corrected chi connectivity index (χ1v) is 7.83. The lowest BCUT2D eigenvalue weighted by atomic mass is 9.68. The second-order valence-electron chi connectivity index (χ2n) is 6.60. The number of piperidine rings is 1. The average molecular weight is 311 g/mol. The summed E-state index contributed by atoms with van der Waals surface area (Å²) in [5.74, 6) is -1.02. The van der Waals surface area contributed by atoms with E-state index in [2.05, 4.69) is 5.32 Å². The number of carbonyl (C=O) groups excluding carboxylic acids is 2. The van der Waals surface area contributed by atoms with Gasteiger partial charge < -0.3 is 20.2 Å². The lowest BCUT2D eigenvalue weighted by Gasteiger charge is -2.38. The molecule has 1 heterocycles. The van der Waals surface area contributed by atoms with Gasteiger partial charge in [0.1, 0.15) is 0 Å². The van der Waals surface area contributed by atoms with Crippen LogP contribution < -0.4 is 5.32 Å². The number of nitrogens with zero attached hydrogens (tertiary/aromatic N) is 2. The van der Waals surface area contributed by atoms with Crippen LogP contribution >= 0.6 is 0 Å². The van der Waals surface area contributed by atoms with Crippen molar-refractivity contribution < 1.29 is 19.5 Å². The van der Waals surface area contributed by atoms with E-state index in [4.69, 9.17) is 0 Å². The minimum Gasteiger partial charge on any atom is -0.481 e. The van der Waals surface area contributed by atoms with Gasteiger partial charge in [-0.05, 0) is 25.7 Å². The molecule has 22 heavy (non-hydrogen) atoms. The Morgan fingerprint density at radius 3 is 2.23 bits per heavy atom. The molecule has 2 rings (SSSR count). The molecule has 0 aromatic heterocycles. The van der Waals surface area contributed by atoms with E-state index in [1.54, 1.807) is 19.0 Å².